The van der Waals surface area contributed by atoms with Crippen molar-refractivity contribution in [1.29, 1.82) is 0 Å². The highest BCUT2D eigenvalue weighted by Gasteiger charge is 2.73. The molecule has 0 unspecified atom stereocenters. The highest BCUT2D eigenvalue weighted by atomic mass is 16.7. The zero-order chi connectivity index (χ0) is 39.9. The summed E-state index contributed by atoms with van der Waals surface area (Å²) >= 11 is 0. The van der Waals surface area contributed by atoms with E-state index < -0.39 is 91.7 Å². The number of hydrogen-bond donors (Lipinski definition) is 8. The number of fused-ring (bicyclic) bond motifs is 5. The molecule has 54 heavy (non-hydrogen) atoms. The highest BCUT2D eigenvalue weighted by Crippen LogP contribution is 2.76. The first-order chi connectivity index (χ1) is 25.1. The molecule has 2 heterocycles. The maximum absolute atomic E-state index is 12.2. The van der Waals surface area contributed by atoms with E-state index in [4.69, 9.17) is 18.9 Å². The fraction of sp³-hybridized carbons (Fsp3) is 0.905. The van der Waals surface area contributed by atoms with Gasteiger partial charge in [0.1, 0.15) is 42.7 Å². The Kier molecular flexibility index (Phi) is 12.1. The number of rotatable bonds is 8. The summed E-state index contributed by atoms with van der Waals surface area (Å²) in [4.78, 5) is 0. The van der Waals surface area contributed by atoms with Crippen molar-refractivity contribution in [3.63, 3.8) is 0 Å². The van der Waals surface area contributed by atoms with Crippen LogP contribution >= 0.6 is 0 Å². The van der Waals surface area contributed by atoms with E-state index >= 15 is 0 Å². The molecule has 12 nitrogen and oxygen atoms in total. The van der Waals surface area contributed by atoms with Crippen molar-refractivity contribution >= 4 is 0 Å². The number of aliphatic hydroxyl groups is 8. The Morgan fingerprint density at radius 1 is 0.778 bits per heavy atom. The molecule has 0 amide bonds. The van der Waals surface area contributed by atoms with Gasteiger partial charge in [0.15, 0.2) is 12.6 Å². The van der Waals surface area contributed by atoms with Crippen LogP contribution in [-0.4, -0.2) is 127 Å². The minimum absolute atomic E-state index is 0.0329. The minimum atomic E-state index is -1.66. The smallest absolute Gasteiger partial charge is 0.187 e. The predicted molar refractivity (Wildman–Crippen MR) is 199 cm³/mol. The third-order valence-corrected chi connectivity index (χ3v) is 16.0. The molecule has 0 aromatic carbocycles. The topological polar surface area (TPSA) is 199 Å². The van der Waals surface area contributed by atoms with Crippen molar-refractivity contribution in [3.05, 3.63) is 23.3 Å². The standard InChI is InChI=1S/C42H70O12/c1-20(2)11-10-12-21(3)23-13-16-41(8)29(23)24(44)17-27-40(7)15-14-28(45)39(5,6)36(40)25(18-42(27,41)9)52-38-35(33(49)31(47)26(19-43)53-38)54-34-32(48)30(46)22(4)51-37(34)50/h11-12,22-38,43-50H,10,13-19H2,1-9H3/b21-12-/t22-,23+,24+,25-,26+,27+,28-,29-,30-,31+,32+,33-,34-,35+,36-,37+,38+,40+,41+,42+/m0/s1. The molecule has 2 saturated heterocycles. The Balaban J connectivity index is 1.39. The second kappa shape index (κ2) is 15.3. The number of aliphatic hydroxyl groups excluding tert-OH is 8. The first-order valence-electron chi connectivity index (χ1n) is 20.4. The van der Waals surface area contributed by atoms with Crippen LogP contribution in [0.25, 0.3) is 0 Å². The minimum Gasteiger partial charge on any atom is -0.394 e. The number of allylic oxidation sites excluding steroid dienone is 4. The summed E-state index contributed by atoms with van der Waals surface area (Å²) in [5, 5.41) is 88.9. The van der Waals surface area contributed by atoms with Gasteiger partial charge in [0, 0.05) is 0 Å². The quantitative estimate of drug-likeness (QED) is 0.133. The maximum atomic E-state index is 12.2. The predicted octanol–water partition coefficient (Wildman–Crippen LogP) is 2.95. The average molecular weight is 767 g/mol. The summed E-state index contributed by atoms with van der Waals surface area (Å²) < 4.78 is 24.9. The molecule has 6 fully saturated rings. The summed E-state index contributed by atoms with van der Waals surface area (Å²) in [5.74, 6) is 0.139. The summed E-state index contributed by atoms with van der Waals surface area (Å²) in [7, 11) is 0. The van der Waals surface area contributed by atoms with Crippen molar-refractivity contribution < 1.29 is 59.8 Å². The first-order valence-corrected chi connectivity index (χ1v) is 20.4. The van der Waals surface area contributed by atoms with E-state index in [9.17, 15) is 40.9 Å². The summed E-state index contributed by atoms with van der Waals surface area (Å²) in [5.41, 5.74) is 0.968. The second-order valence-electron chi connectivity index (χ2n) is 19.5. The molecule has 0 aromatic heterocycles. The molecule has 0 spiro atoms. The van der Waals surface area contributed by atoms with E-state index in [2.05, 4.69) is 67.5 Å². The van der Waals surface area contributed by atoms with Crippen LogP contribution in [0.4, 0.5) is 0 Å². The van der Waals surface area contributed by atoms with Crippen LogP contribution in [0.1, 0.15) is 107 Å². The SMILES string of the molecule is CC(C)=CC/C=C(/C)[C@H]1CC[C@]2(C)[C@@H]1[C@H](O)C[C@@H]1[C@@]3(C)CC[C@H](O)C(C)(C)[C@@H]3[C@@H](O[C@@H]3O[C@H](CO)[C@@H](O)[C@H](O)[C@H]3O[C@H]3[C@H](O)[C@@H](O)[C@H](C)O[C@H]3O)C[C@]12C. The van der Waals surface area contributed by atoms with Crippen LogP contribution in [0.5, 0.6) is 0 Å². The van der Waals surface area contributed by atoms with E-state index in [-0.39, 0.29) is 39.9 Å². The molecule has 4 aliphatic carbocycles. The zero-order valence-electron chi connectivity index (χ0n) is 33.8. The normalized spacial score (nSPS) is 53.3. The molecule has 0 bridgehead atoms. The van der Waals surface area contributed by atoms with Crippen LogP contribution in [0.3, 0.4) is 0 Å². The largest absolute Gasteiger partial charge is 0.394 e. The van der Waals surface area contributed by atoms with Gasteiger partial charge in [-0.05, 0) is 118 Å². The van der Waals surface area contributed by atoms with Crippen LogP contribution in [0.15, 0.2) is 23.3 Å². The maximum Gasteiger partial charge on any atom is 0.187 e. The van der Waals surface area contributed by atoms with Crippen molar-refractivity contribution in [3.8, 4) is 0 Å². The van der Waals surface area contributed by atoms with Gasteiger partial charge in [-0.15, -0.1) is 0 Å². The lowest BCUT2D eigenvalue weighted by Crippen LogP contribution is -2.71. The fourth-order valence-electron chi connectivity index (χ4n) is 13.0. The summed E-state index contributed by atoms with van der Waals surface area (Å²) in [6.07, 6.45) is -6.24. The molecule has 4 saturated carbocycles. The monoisotopic (exact) mass is 766 g/mol. The van der Waals surface area contributed by atoms with E-state index in [1.54, 1.807) is 0 Å². The van der Waals surface area contributed by atoms with Crippen molar-refractivity contribution in [2.45, 2.75) is 187 Å². The van der Waals surface area contributed by atoms with Crippen LogP contribution in [0, 0.1) is 45.3 Å². The Labute approximate surface area is 321 Å². The molecule has 310 valence electrons. The average Bonchev–Trinajstić information content (AvgIpc) is 3.47. The lowest BCUT2D eigenvalue weighted by atomic mass is 9.34. The van der Waals surface area contributed by atoms with E-state index in [1.165, 1.54) is 18.1 Å². The lowest BCUT2D eigenvalue weighted by Gasteiger charge is -2.72. The van der Waals surface area contributed by atoms with Crippen molar-refractivity contribution in [2.75, 3.05) is 6.61 Å². The Bertz CT molecular complexity index is 1400. The third-order valence-electron chi connectivity index (χ3n) is 16.0. The van der Waals surface area contributed by atoms with Crippen molar-refractivity contribution in [1.82, 2.24) is 0 Å². The molecule has 0 radical (unpaired) electrons. The molecule has 6 rings (SSSR count). The van der Waals surface area contributed by atoms with Gasteiger partial charge in [-0.25, -0.2) is 0 Å². The van der Waals surface area contributed by atoms with Crippen LogP contribution < -0.4 is 0 Å². The van der Waals surface area contributed by atoms with Gasteiger partial charge < -0.3 is 59.8 Å². The Morgan fingerprint density at radius 2 is 1.44 bits per heavy atom. The molecular weight excluding hydrogens is 696 g/mol. The number of ether oxygens (including phenoxy) is 4. The molecular formula is C42H70O12. The first kappa shape index (κ1) is 42.6. The van der Waals surface area contributed by atoms with Gasteiger partial charge in [0.25, 0.3) is 0 Å². The molecule has 20 atom stereocenters. The molecule has 8 N–H and O–H groups in total. The van der Waals surface area contributed by atoms with Gasteiger partial charge in [-0.3, -0.25) is 0 Å². The second-order valence-corrected chi connectivity index (χ2v) is 19.5. The van der Waals surface area contributed by atoms with Gasteiger partial charge in [-0.2, -0.15) is 0 Å². The lowest BCUT2D eigenvalue weighted by molar-refractivity contribution is -0.372. The molecule has 6 aliphatic rings. The van der Waals surface area contributed by atoms with Crippen molar-refractivity contribution in [2.24, 2.45) is 45.3 Å². The Morgan fingerprint density at radius 3 is 2.09 bits per heavy atom. The fourth-order valence-corrected chi connectivity index (χ4v) is 13.0. The zero-order valence-corrected chi connectivity index (χ0v) is 33.8. The van der Waals surface area contributed by atoms with E-state index in [0.717, 1.165) is 25.7 Å². The molecule has 0 aromatic rings. The van der Waals surface area contributed by atoms with Gasteiger partial charge in [0.05, 0.1) is 31.0 Å². The van der Waals surface area contributed by atoms with Gasteiger partial charge in [-0.1, -0.05) is 57.9 Å². The summed E-state index contributed by atoms with van der Waals surface area (Å²) in [6, 6.07) is 0. The van der Waals surface area contributed by atoms with Gasteiger partial charge in [0.2, 0.25) is 0 Å². The molecule has 2 aliphatic heterocycles. The summed E-state index contributed by atoms with van der Waals surface area (Å²) in [6.45, 7) is 18.4. The van der Waals surface area contributed by atoms with E-state index in [0.29, 0.717) is 19.3 Å². The van der Waals surface area contributed by atoms with Crippen LogP contribution in [-0.2, 0) is 18.9 Å². The highest BCUT2D eigenvalue weighted by molar-refractivity contribution is 5.24. The van der Waals surface area contributed by atoms with Gasteiger partial charge >= 0.3 is 0 Å². The Hall–Kier alpha value is -1.00. The molecule has 12 heteroatoms. The van der Waals surface area contributed by atoms with E-state index in [1.807, 2.05) is 0 Å². The van der Waals surface area contributed by atoms with Crippen LogP contribution in [0.2, 0.25) is 0 Å². The number of hydrogen-bond acceptors (Lipinski definition) is 12. The third kappa shape index (κ3) is 6.79.